The van der Waals surface area contributed by atoms with Gasteiger partial charge in [0.25, 0.3) is 0 Å². The van der Waals surface area contributed by atoms with Gasteiger partial charge in [0.05, 0.1) is 10.1 Å². The van der Waals surface area contributed by atoms with Crippen LogP contribution in [0.2, 0.25) is 5.02 Å². The van der Waals surface area contributed by atoms with Gasteiger partial charge in [0, 0.05) is 10.9 Å². The van der Waals surface area contributed by atoms with Crippen molar-refractivity contribution in [3.63, 3.8) is 0 Å². The maximum Gasteiger partial charge on any atom is 0.181 e. The largest absolute Gasteiger partial charge is 0.223 e. The third-order valence-corrected chi connectivity index (χ3v) is 6.00. The highest BCUT2D eigenvalue weighted by molar-refractivity contribution is 7.92. The zero-order chi connectivity index (χ0) is 13.5. The number of halogens is 1. The van der Waals surface area contributed by atoms with Gasteiger partial charge in [-0.2, -0.15) is 0 Å². The highest BCUT2D eigenvalue weighted by Gasteiger charge is 2.48. The van der Waals surface area contributed by atoms with Crippen molar-refractivity contribution in [1.29, 1.82) is 0 Å². The van der Waals surface area contributed by atoms with E-state index in [1.165, 1.54) is 0 Å². The molecule has 0 aromatic heterocycles. The Labute approximate surface area is 118 Å². The minimum Gasteiger partial charge on any atom is -0.223 e. The monoisotopic (exact) mass is 292 g/mol. The zero-order valence-corrected chi connectivity index (χ0v) is 11.7. The average Bonchev–Trinajstić information content (AvgIpc) is 3.22. The van der Waals surface area contributed by atoms with E-state index in [1.54, 1.807) is 36.4 Å². The van der Waals surface area contributed by atoms with Gasteiger partial charge in [-0.3, -0.25) is 0 Å². The molecule has 1 fully saturated rings. The maximum atomic E-state index is 12.4. The molecular formula is C15H13ClO2S. The van der Waals surface area contributed by atoms with Gasteiger partial charge in [-0.05, 0) is 36.2 Å². The summed E-state index contributed by atoms with van der Waals surface area (Å²) in [6.07, 6.45) is 0.693. The predicted molar refractivity (Wildman–Crippen MR) is 76.2 cm³/mol. The van der Waals surface area contributed by atoms with Crippen molar-refractivity contribution in [2.75, 3.05) is 0 Å². The van der Waals surface area contributed by atoms with E-state index in [0.29, 0.717) is 16.3 Å². The van der Waals surface area contributed by atoms with Crippen molar-refractivity contribution in [2.45, 2.75) is 22.5 Å². The molecule has 2 nitrogen and oxygen atoms in total. The molecule has 0 N–H and O–H groups in total. The van der Waals surface area contributed by atoms with Crippen LogP contribution in [0.25, 0.3) is 0 Å². The lowest BCUT2D eigenvalue weighted by Gasteiger charge is -2.04. The van der Waals surface area contributed by atoms with Crippen molar-refractivity contribution in [3.05, 3.63) is 65.2 Å². The van der Waals surface area contributed by atoms with Crippen LogP contribution in [0.1, 0.15) is 17.9 Å². The summed E-state index contributed by atoms with van der Waals surface area (Å²) in [6, 6.07) is 16.1. The van der Waals surface area contributed by atoms with E-state index in [-0.39, 0.29) is 11.2 Å². The maximum absolute atomic E-state index is 12.4. The number of rotatable bonds is 3. The van der Waals surface area contributed by atoms with Crippen molar-refractivity contribution in [3.8, 4) is 0 Å². The second-order valence-electron chi connectivity index (χ2n) is 4.79. The molecule has 1 aliphatic carbocycles. The summed E-state index contributed by atoms with van der Waals surface area (Å²) < 4.78 is 24.8. The van der Waals surface area contributed by atoms with Crippen LogP contribution >= 0.6 is 11.6 Å². The number of sulfone groups is 1. The van der Waals surface area contributed by atoms with E-state index in [9.17, 15) is 8.42 Å². The van der Waals surface area contributed by atoms with E-state index < -0.39 is 9.84 Å². The second-order valence-corrected chi connectivity index (χ2v) is 7.39. The molecule has 1 saturated carbocycles. The van der Waals surface area contributed by atoms with Crippen LogP contribution in [0.5, 0.6) is 0 Å². The normalized spacial score (nSPS) is 22.2. The summed E-state index contributed by atoms with van der Waals surface area (Å²) in [5.74, 6) is 0.0995. The average molecular weight is 293 g/mol. The van der Waals surface area contributed by atoms with Crippen LogP contribution in [0.3, 0.4) is 0 Å². The molecule has 1 aliphatic rings. The van der Waals surface area contributed by atoms with Gasteiger partial charge < -0.3 is 0 Å². The first-order valence-corrected chi connectivity index (χ1v) is 8.06. The lowest BCUT2D eigenvalue weighted by atomic mass is 10.1. The van der Waals surface area contributed by atoms with Gasteiger partial charge in [-0.25, -0.2) is 8.42 Å². The molecular weight excluding hydrogens is 280 g/mol. The fourth-order valence-corrected chi connectivity index (χ4v) is 4.42. The fourth-order valence-electron chi connectivity index (χ4n) is 2.36. The minimum atomic E-state index is -3.21. The Kier molecular flexibility index (Phi) is 3.11. The smallest absolute Gasteiger partial charge is 0.181 e. The summed E-state index contributed by atoms with van der Waals surface area (Å²) in [5.41, 5.74) is 1.05. The SMILES string of the molecule is O=S(=O)(c1ccccc1)[C@@H]1C[C@H]1c1ccc(Cl)cc1. The molecule has 2 aromatic rings. The van der Waals surface area contributed by atoms with Gasteiger partial charge in [-0.15, -0.1) is 0 Å². The molecule has 3 rings (SSSR count). The van der Waals surface area contributed by atoms with Crippen molar-refractivity contribution < 1.29 is 8.42 Å². The summed E-state index contributed by atoms with van der Waals surface area (Å²) in [5, 5.41) is 0.378. The standard InChI is InChI=1S/C15H13ClO2S/c16-12-8-6-11(7-9-12)14-10-15(14)19(17,18)13-4-2-1-3-5-13/h1-9,14-15H,10H2/t14-,15+/m0/s1. The lowest BCUT2D eigenvalue weighted by molar-refractivity contribution is 0.594. The molecule has 0 saturated heterocycles. The topological polar surface area (TPSA) is 34.1 Å². The van der Waals surface area contributed by atoms with Crippen LogP contribution in [0, 0.1) is 0 Å². The third-order valence-electron chi connectivity index (χ3n) is 3.50. The molecule has 0 heterocycles. The summed E-state index contributed by atoms with van der Waals surface area (Å²) in [7, 11) is -3.21. The molecule has 98 valence electrons. The van der Waals surface area contributed by atoms with Crippen LogP contribution < -0.4 is 0 Å². The van der Waals surface area contributed by atoms with Gasteiger partial charge >= 0.3 is 0 Å². The fraction of sp³-hybridized carbons (Fsp3) is 0.200. The molecule has 0 aliphatic heterocycles. The first-order valence-electron chi connectivity index (χ1n) is 6.13. The van der Waals surface area contributed by atoms with Gasteiger partial charge in [0.15, 0.2) is 9.84 Å². The zero-order valence-electron chi connectivity index (χ0n) is 10.2. The molecule has 0 bridgehead atoms. The van der Waals surface area contributed by atoms with E-state index >= 15 is 0 Å². The number of hydrogen-bond donors (Lipinski definition) is 0. The lowest BCUT2D eigenvalue weighted by Crippen LogP contribution is -2.08. The second kappa shape index (κ2) is 4.66. The Balaban J connectivity index is 1.85. The first kappa shape index (κ1) is 12.7. The molecule has 0 amide bonds. The summed E-state index contributed by atoms with van der Waals surface area (Å²) in [4.78, 5) is 0.413. The van der Waals surface area contributed by atoms with Crippen LogP contribution in [-0.2, 0) is 9.84 Å². The molecule has 0 radical (unpaired) electrons. The van der Waals surface area contributed by atoms with Gasteiger partial charge in [0.2, 0.25) is 0 Å². The van der Waals surface area contributed by atoms with Crippen LogP contribution in [0.15, 0.2) is 59.5 Å². The van der Waals surface area contributed by atoms with E-state index in [4.69, 9.17) is 11.6 Å². The minimum absolute atomic E-state index is 0.0995. The Bertz CT molecular complexity index is 678. The van der Waals surface area contributed by atoms with Crippen molar-refractivity contribution in [2.24, 2.45) is 0 Å². The quantitative estimate of drug-likeness (QED) is 0.865. The Hall–Kier alpha value is -1.32. The van der Waals surface area contributed by atoms with Crippen molar-refractivity contribution in [1.82, 2.24) is 0 Å². The Morgan fingerprint density at radius 2 is 1.58 bits per heavy atom. The molecule has 0 spiro atoms. The number of hydrogen-bond acceptors (Lipinski definition) is 2. The molecule has 4 heteroatoms. The van der Waals surface area contributed by atoms with E-state index in [1.807, 2.05) is 18.2 Å². The predicted octanol–water partition coefficient (Wildman–Crippen LogP) is 3.67. The van der Waals surface area contributed by atoms with Crippen LogP contribution in [0.4, 0.5) is 0 Å². The molecule has 19 heavy (non-hydrogen) atoms. The first-order chi connectivity index (χ1) is 9.09. The van der Waals surface area contributed by atoms with Crippen molar-refractivity contribution >= 4 is 21.4 Å². The highest BCUT2D eigenvalue weighted by Crippen LogP contribution is 2.48. The highest BCUT2D eigenvalue weighted by atomic mass is 35.5. The third kappa shape index (κ3) is 2.40. The summed E-state index contributed by atoms with van der Waals surface area (Å²) >= 11 is 5.84. The van der Waals surface area contributed by atoms with E-state index in [2.05, 4.69) is 0 Å². The summed E-state index contributed by atoms with van der Waals surface area (Å²) in [6.45, 7) is 0. The van der Waals surface area contributed by atoms with E-state index in [0.717, 1.165) is 5.56 Å². The van der Waals surface area contributed by atoms with Gasteiger partial charge in [-0.1, -0.05) is 41.9 Å². The Morgan fingerprint density at radius 1 is 0.947 bits per heavy atom. The molecule has 2 atom stereocenters. The number of benzene rings is 2. The molecule has 0 unspecified atom stereocenters. The Morgan fingerprint density at radius 3 is 2.21 bits per heavy atom. The molecule has 2 aromatic carbocycles. The van der Waals surface area contributed by atoms with Gasteiger partial charge in [0.1, 0.15) is 0 Å². The van der Waals surface area contributed by atoms with Crippen LogP contribution in [-0.4, -0.2) is 13.7 Å².